The van der Waals surface area contributed by atoms with Gasteiger partial charge in [-0.1, -0.05) is 53.5 Å². The zero-order valence-corrected chi connectivity index (χ0v) is 14.1. The van der Waals surface area contributed by atoms with Crippen LogP contribution in [-0.4, -0.2) is 9.97 Å². The summed E-state index contributed by atoms with van der Waals surface area (Å²) in [6.07, 6.45) is 3.51. The molecule has 0 aliphatic heterocycles. The van der Waals surface area contributed by atoms with E-state index < -0.39 is 0 Å². The Morgan fingerprint density at radius 3 is 2.25 bits per heavy atom. The molecular formula is C20H12Cl2N2. The van der Waals surface area contributed by atoms with Gasteiger partial charge < -0.3 is 0 Å². The summed E-state index contributed by atoms with van der Waals surface area (Å²) in [5.74, 6) is 0. The fourth-order valence-corrected chi connectivity index (χ4v) is 3.31. The minimum absolute atomic E-state index is 0.638. The van der Waals surface area contributed by atoms with Gasteiger partial charge in [-0.05, 0) is 35.9 Å². The second-order valence-electron chi connectivity index (χ2n) is 5.41. The predicted molar refractivity (Wildman–Crippen MR) is 100 cm³/mol. The molecule has 2 heterocycles. The van der Waals surface area contributed by atoms with Crippen molar-refractivity contribution in [3.63, 3.8) is 0 Å². The smallest absolute Gasteiger partial charge is 0.0803 e. The van der Waals surface area contributed by atoms with Crippen LogP contribution in [0.25, 0.3) is 33.3 Å². The number of halogens is 2. The van der Waals surface area contributed by atoms with Crippen LogP contribution in [0.5, 0.6) is 0 Å². The van der Waals surface area contributed by atoms with Crippen molar-refractivity contribution >= 4 is 34.1 Å². The van der Waals surface area contributed by atoms with E-state index in [9.17, 15) is 0 Å². The molecule has 0 atom stereocenters. The molecule has 4 rings (SSSR count). The van der Waals surface area contributed by atoms with E-state index in [-0.39, 0.29) is 0 Å². The molecule has 2 aromatic heterocycles. The Hall–Kier alpha value is -2.42. The maximum Gasteiger partial charge on any atom is 0.0803 e. The fraction of sp³-hybridized carbons (Fsp3) is 0. The molecule has 0 N–H and O–H groups in total. The molecule has 0 fully saturated rings. The van der Waals surface area contributed by atoms with Crippen LogP contribution in [0.1, 0.15) is 0 Å². The van der Waals surface area contributed by atoms with Gasteiger partial charge in [0.1, 0.15) is 0 Å². The zero-order valence-electron chi connectivity index (χ0n) is 12.6. The standard InChI is InChI=1S/C20H12Cl2N2/c21-15-6-7-17-16(12-15)19(22)18(13-8-10-23-11-9-13)20(24-17)14-4-2-1-3-5-14/h1-12H. The third-order valence-electron chi connectivity index (χ3n) is 3.90. The first kappa shape index (κ1) is 15.1. The van der Waals surface area contributed by atoms with Gasteiger partial charge in [-0.3, -0.25) is 4.98 Å². The Labute approximate surface area is 149 Å². The molecule has 0 aliphatic rings. The highest BCUT2D eigenvalue weighted by Gasteiger charge is 2.17. The van der Waals surface area contributed by atoms with Gasteiger partial charge in [0.05, 0.1) is 16.2 Å². The van der Waals surface area contributed by atoms with E-state index in [4.69, 9.17) is 28.2 Å². The van der Waals surface area contributed by atoms with Gasteiger partial charge in [-0.15, -0.1) is 0 Å². The summed E-state index contributed by atoms with van der Waals surface area (Å²) in [7, 11) is 0. The molecule has 0 saturated heterocycles. The normalized spacial score (nSPS) is 10.9. The largest absolute Gasteiger partial charge is 0.265 e. The molecule has 24 heavy (non-hydrogen) atoms. The van der Waals surface area contributed by atoms with Crippen molar-refractivity contribution in [1.82, 2.24) is 9.97 Å². The summed E-state index contributed by atoms with van der Waals surface area (Å²) in [5, 5.41) is 2.13. The molecule has 0 bridgehead atoms. The van der Waals surface area contributed by atoms with Crippen molar-refractivity contribution in [3.8, 4) is 22.4 Å². The maximum atomic E-state index is 6.78. The summed E-state index contributed by atoms with van der Waals surface area (Å²) < 4.78 is 0. The van der Waals surface area contributed by atoms with Crippen LogP contribution in [0, 0.1) is 0 Å². The van der Waals surface area contributed by atoms with Crippen LogP contribution >= 0.6 is 23.2 Å². The van der Waals surface area contributed by atoms with Crippen LogP contribution in [0.4, 0.5) is 0 Å². The zero-order chi connectivity index (χ0) is 16.5. The van der Waals surface area contributed by atoms with E-state index in [1.165, 1.54) is 0 Å². The van der Waals surface area contributed by atoms with Gasteiger partial charge in [-0.25, -0.2) is 4.98 Å². The number of aromatic nitrogens is 2. The highest BCUT2D eigenvalue weighted by atomic mass is 35.5. The molecule has 2 aromatic carbocycles. The van der Waals surface area contributed by atoms with Crippen molar-refractivity contribution in [2.45, 2.75) is 0 Å². The fourth-order valence-electron chi connectivity index (χ4n) is 2.78. The highest BCUT2D eigenvalue weighted by molar-refractivity contribution is 6.39. The third-order valence-corrected chi connectivity index (χ3v) is 4.53. The molecule has 116 valence electrons. The van der Waals surface area contributed by atoms with E-state index in [2.05, 4.69) is 4.98 Å². The Morgan fingerprint density at radius 2 is 1.50 bits per heavy atom. The van der Waals surface area contributed by atoms with Crippen molar-refractivity contribution < 1.29 is 0 Å². The quantitative estimate of drug-likeness (QED) is 0.425. The molecule has 0 amide bonds. The van der Waals surface area contributed by atoms with Crippen LogP contribution in [0.15, 0.2) is 73.1 Å². The van der Waals surface area contributed by atoms with Crippen molar-refractivity contribution in [1.29, 1.82) is 0 Å². The number of rotatable bonds is 2. The van der Waals surface area contributed by atoms with Crippen molar-refractivity contribution in [2.24, 2.45) is 0 Å². The lowest BCUT2D eigenvalue weighted by Gasteiger charge is -2.14. The lowest BCUT2D eigenvalue weighted by molar-refractivity contribution is 1.32. The molecule has 0 aliphatic carbocycles. The van der Waals surface area contributed by atoms with Crippen LogP contribution in [0.3, 0.4) is 0 Å². The van der Waals surface area contributed by atoms with Gasteiger partial charge in [0, 0.05) is 33.9 Å². The van der Waals surface area contributed by atoms with E-state index in [1.807, 2.05) is 60.7 Å². The van der Waals surface area contributed by atoms with Gasteiger partial charge in [0.25, 0.3) is 0 Å². The number of nitrogens with zero attached hydrogens (tertiary/aromatic N) is 2. The molecule has 2 nitrogen and oxygen atoms in total. The SMILES string of the molecule is Clc1ccc2nc(-c3ccccc3)c(-c3ccncc3)c(Cl)c2c1. The van der Waals surface area contributed by atoms with Gasteiger partial charge in [-0.2, -0.15) is 0 Å². The number of benzene rings is 2. The Balaban J connectivity index is 2.12. The maximum absolute atomic E-state index is 6.78. The highest BCUT2D eigenvalue weighted by Crippen LogP contribution is 2.40. The third kappa shape index (κ3) is 2.64. The topological polar surface area (TPSA) is 25.8 Å². The molecule has 4 heteroatoms. The average Bonchev–Trinajstić information content (AvgIpc) is 2.63. The monoisotopic (exact) mass is 350 g/mol. The first-order chi connectivity index (χ1) is 11.7. The van der Waals surface area contributed by atoms with Gasteiger partial charge >= 0.3 is 0 Å². The second kappa shape index (κ2) is 6.23. The van der Waals surface area contributed by atoms with E-state index >= 15 is 0 Å². The Kier molecular flexibility index (Phi) is 3.93. The summed E-state index contributed by atoms with van der Waals surface area (Å²) in [6, 6.07) is 19.5. The lowest BCUT2D eigenvalue weighted by atomic mass is 9.98. The Morgan fingerprint density at radius 1 is 0.750 bits per heavy atom. The predicted octanol–water partition coefficient (Wildman–Crippen LogP) is 6.27. The van der Waals surface area contributed by atoms with Gasteiger partial charge in [0.2, 0.25) is 0 Å². The number of hydrogen-bond donors (Lipinski definition) is 0. The van der Waals surface area contributed by atoms with Crippen molar-refractivity contribution in [2.75, 3.05) is 0 Å². The first-order valence-electron chi connectivity index (χ1n) is 7.48. The van der Waals surface area contributed by atoms with Crippen LogP contribution in [0.2, 0.25) is 10.0 Å². The first-order valence-corrected chi connectivity index (χ1v) is 8.24. The number of pyridine rings is 2. The molecule has 0 unspecified atom stereocenters. The van der Waals surface area contributed by atoms with Gasteiger partial charge in [0.15, 0.2) is 0 Å². The number of hydrogen-bond acceptors (Lipinski definition) is 2. The Bertz CT molecular complexity index is 1020. The van der Waals surface area contributed by atoms with E-state index in [0.717, 1.165) is 33.3 Å². The summed E-state index contributed by atoms with van der Waals surface area (Å²) in [5.41, 5.74) is 4.55. The molecule has 0 spiro atoms. The molecule has 0 radical (unpaired) electrons. The van der Waals surface area contributed by atoms with E-state index in [1.54, 1.807) is 12.4 Å². The van der Waals surface area contributed by atoms with Crippen LogP contribution < -0.4 is 0 Å². The molecule has 0 saturated carbocycles. The molecular weight excluding hydrogens is 339 g/mol. The average molecular weight is 351 g/mol. The minimum Gasteiger partial charge on any atom is -0.265 e. The number of fused-ring (bicyclic) bond motifs is 1. The second-order valence-corrected chi connectivity index (χ2v) is 6.23. The summed E-state index contributed by atoms with van der Waals surface area (Å²) in [6.45, 7) is 0. The lowest BCUT2D eigenvalue weighted by Crippen LogP contribution is -1.93. The summed E-state index contributed by atoms with van der Waals surface area (Å²) in [4.78, 5) is 8.96. The summed E-state index contributed by atoms with van der Waals surface area (Å²) >= 11 is 12.9. The van der Waals surface area contributed by atoms with E-state index in [0.29, 0.717) is 10.0 Å². The molecule has 4 aromatic rings. The minimum atomic E-state index is 0.638. The van der Waals surface area contributed by atoms with Crippen LogP contribution in [-0.2, 0) is 0 Å². The van der Waals surface area contributed by atoms with Crippen molar-refractivity contribution in [3.05, 3.63) is 83.1 Å².